The zero-order chi connectivity index (χ0) is 25.1. The van der Waals surface area contributed by atoms with Crippen molar-refractivity contribution in [2.75, 3.05) is 5.75 Å². The first kappa shape index (κ1) is 27.6. The molecule has 2 N–H and O–H groups in total. The summed E-state index contributed by atoms with van der Waals surface area (Å²) >= 11 is 1.40. The number of benzene rings is 1. The van der Waals surface area contributed by atoms with E-state index in [0.717, 1.165) is 30.7 Å². The van der Waals surface area contributed by atoms with E-state index in [1.54, 1.807) is 12.3 Å². The first-order valence-electron chi connectivity index (χ1n) is 11.4. The molecule has 186 valence electrons. The average Bonchev–Trinajstić information content (AvgIpc) is 3.30. The minimum atomic E-state index is -1.27. The Morgan fingerprint density at radius 1 is 1.06 bits per heavy atom. The fourth-order valence-corrected chi connectivity index (χ4v) is 4.23. The molecule has 0 saturated heterocycles. The molecule has 34 heavy (non-hydrogen) atoms. The molecule has 2 unspecified atom stereocenters. The predicted molar refractivity (Wildman–Crippen MR) is 128 cm³/mol. The molecule has 1 aromatic carbocycles. The summed E-state index contributed by atoms with van der Waals surface area (Å²) in [5, 5.41) is 5.28. The quantitative estimate of drug-likeness (QED) is 0.391. The van der Waals surface area contributed by atoms with Crippen molar-refractivity contribution >= 4 is 29.4 Å². The number of ketones is 1. The van der Waals surface area contributed by atoms with Crippen LogP contribution in [0.4, 0.5) is 8.78 Å². The zero-order valence-corrected chi connectivity index (χ0v) is 20.6. The van der Waals surface area contributed by atoms with Crippen LogP contribution in [-0.2, 0) is 15.3 Å². The highest BCUT2D eigenvalue weighted by Gasteiger charge is 2.28. The van der Waals surface area contributed by atoms with Crippen LogP contribution in [0.3, 0.4) is 0 Å². The Kier molecular flexibility index (Phi) is 11.3. The minimum Gasteiger partial charge on any atom is -0.468 e. The zero-order valence-electron chi connectivity index (χ0n) is 19.7. The molecule has 2 amide bonds. The van der Waals surface area contributed by atoms with E-state index in [4.69, 9.17) is 4.42 Å². The fraction of sp³-hybridized carbons (Fsp3) is 0.480. The Morgan fingerprint density at radius 2 is 1.82 bits per heavy atom. The van der Waals surface area contributed by atoms with Gasteiger partial charge in [0.25, 0.3) is 5.91 Å². The van der Waals surface area contributed by atoms with Gasteiger partial charge in [-0.2, -0.15) is 0 Å². The van der Waals surface area contributed by atoms with E-state index in [1.165, 1.54) is 17.8 Å². The highest BCUT2D eigenvalue weighted by Crippen LogP contribution is 2.16. The van der Waals surface area contributed by atoms with Crippen LogP contribution >= 0.6 is 11.8 Å². The number of amides is 2. The number of carbonyl (C=O) groups excluding carboxylic acids is 3. The summed E-state index contributed by atoms with van der Waals surface area (Å²) < 4.78 is 32.9. The van der Waals surface area contributed by atoms with Gasteiger partial charge in [-0.05, 0) is 43.0 Å². The highest BCUT2D eigenvalue weighted by atomic mass is 32.2. The molecule has 0 fully saturated rings. The second-order valence-corrected chi connectivity index (χ2v) is 9.48. The minimum absolute atomic E-state index is 0.0297. The van der Waals surface area contributed by atoms with E-state index in [2.05, 4.69) is 10.6 Å². The molecular weight excluding hydrogens is 462 g/mol. The number of thioether (sulfide) groups is 1. The van der Waals surface area contributed by atoms with Gasteiger partial charge in [-0.1, -0.05) is 39.7 Å². The van der Waals surface area contributed by atoms with Gasteiger partial charge in [0, 0.05) is 0 Å². The van der Waals surface area contributed by atoms with Crippen molar-refractivity contribution in [2.24, 2.45) is 5.92 Å². The van der Waals surface area contributed by atoms with Crippen molar-refractivity contribution in [1.29, 1.82) is 0 Å². The molecule has 0 aliphatic carbocycles. The number of hydrogen-bond donors (Lipinski definition) is 2. The Hall–Kier alpha value is -2.68. The summed E-state index contributed by atoms with van der Waals surface area (Å²) in [6.07, 6.45) is 3.92. The van der Waals surface area contributed by atoms with Gasteiger partial charge in [0.2, 0.25) is 5.91 Å². The molecule has 0 aliphatic heterocycles. The van der Waals surface area contributed by atoms with Crippen molar-refractivity contribution in [1.82, 2.24) is 10.6 Å². The number of Topliss-reactive ketones (excluding diaryl/α,β-unsaturated/α-hetero) is 1. The highest BCUT2D eigenvalue weighted by molar-refractivity contribution is 7.99. The second kappa shape index (κ2) is 13.9. The van der Waals surface area contributed by atoms with Crippen LogP contribution in [0.2, 0.25) is 0 Å². The molecule has 6 nitrogen and oxygen atoms in total. The maximum Gasteiger partial charge on any atom is 0.255 e. The third-order valence-electron chi connectivity index (χ3n) is 5.15. The van der Waals surface area contributed by atoms with Crippen LogP contribution in [-0.4, -0.2) is 35.4 Å². The Morgan fingerprint density at radius 3 is 2.47 bits per heavy atom. The molecule has 2 aromatic rings. The van der Waals surface area contributed by atoms with Gasteiger partial charge in [0.1, 0.15) is 11.8 Å². The number of carbonyl (C=O) groups is 3. The smallest absolute Gasteiger partial charge is 0.255 e. The summed E-state index contributed by atoms with van der Waals surface area (Å²) in [6, 6.07) is 5.21. The second-order valence-electron chi connectivity index (χ2n) is 8.50. The van der Waals surface area contributed by atoms with Gasteiger partial charge < -0.3 is 15.1 Å². The molecule has 1 heterocycles. The monoisotopic (exact) mass is 494 g/mol. The molecule has 2 atom stereocenters. The first-order valence-corrected chi connectivity index (χ1v) is 12.6. The van der Waals surface area contributed by atoms with Crippen molar-refractivity contribution in [3.8, 4) is 0 Å². The number of furan rings is 1. The van der Waals surface area contributed by atoms with Gasteiger partial charge in [0.05, 0.1) is 29.4 Å². The number of rotatable bonds is 14. The van der Waals surface area contributed by atoms with Crippen LogP contribution in [0, 0.1) is 17.6 Å². The lowest BCUT2D eigenvalue weighted by molar-refractivity contribution is -0.128. The van der Waals surface area contributed by atoms with Crippen LogP contribution < -0.4 is 10.6 Å². The number of nitrogens with one attached hydrogen (secondary N) is 2. The molecule has 0 saturated carbocycles. The molecule has 0 bridgehead atoms. The molecule has 9 heteroatoms. The normalized spacial score (nSPS) is 12.9. The fourth-order valence-electron chi connectivity index (χ4n) is 3.36. The van der Waals surface area contributed by atoms with Crippen LogP contribution in [0.25, 0.3) is 0 Å². The van der Waals surface area contributed by atoms with Gasteiger partial charge in [-0.3, -0.25) is 14.4 Å². The lowest BCUT2D eigenvalue weighted by Gasteiger charge is -2.24. The van der Waals surface area contributed by atoms with Gasteiger partial charge in [-0.15, -0.1) is 11.8 Å². The molecule has 0 radical (unpaired) electrons. The van der Waals surface area contributed by atoms with Crippen molar-refractivity contribution in [3.63, 3.8) is 0 Å². The van der Waals surface area contributed by atoms with E-state index in [-0.39, 0.29) is 23.9 Å². The van der Waals surface area contributed by atoms with E-state index < -0.39 is 41.1 Å². The maximum absolute atomic E-state index is 14.1. The number of hydrogen-bond acceptors (Lipinski definition) is 5. The summed E-state index contributed by atoms with van der Waals surface area (Å²) in [7, 11) is 0. The van der Waals surface area contributed by atoms with E-state index in [1.807, 2.05) is 26.8 Å². The summed E-state index contributed by atoms with van der Waals surface area (Å²) in [5.74, 6) is -2.41. The van der Waals surface area contributed by atoms with E-state index in [9.17, 15) is 23.2 Å². The molecule has 0 aliphatic rings. The Labute approximate surface area is 203 Å². The first-order chi connectivity index (χ1) is 16.2. The van der Waals surface area contributed by atoms with Crippen LogP contribution in [0.1, 0.15) is 62.6 Å². The maximum atomic E-state index is 14.1. The topological polar surface area (TPSA) is 88.4 Å². The number of halogens is 2. The Bertz CT molecular complexity index is 950. The van der Waals surface area contributed by atoms with Crippen LogP contribution in [0.15, 0.2) is 41.0 Å². The number of unbranched alkanes of at least 4 members (excludes halogenated alkanes) is 1. The predicted octanol–water partition coefficient (Wildman–Crippen LogP) is 4.88. The molecule has 1 aromatic heterocycles. The summed E-state index contributed by atoms with van der Waals surface area (Å²) in [4.78, 5) is 38.5. The standard InChI is InChI=1S/C25H32F2N2O4S/c1-4-5-11-20(22(30)15-34-14-17-8-7-12-33-17)28-25(32)21(13-16(2)3)29-24(31)18-9-6-10-19(26)23(18)27/h6-10,12,16,20-21H,4-5,11,13-15H2,1-3H3,(H,28,32)(H,29,31). The van der Waals surface area contributed by atoms with Gasteiger partial charge >= 0.3 is 0 Å². The molecule has 0 spiro atoms. The van der Waals surface area contributed by atoms with E-state index in [0.29, 0.717) is 12.2 Å². The third kappa shape index (κ3) is 8.59. The van der Waals surface area contributed by atoms with Gasteiger partial charge in [0.15, 0.2) is 17.4 Å². The van der Waals surface area contributed by atoms with Crippen molar-refractivity contribution < 1.29 is 27.6 Å². The van der Waals surface area contributed by atoms with E-state index >= 15 is 0 Å². The van der Waals surface area contributed by atoms with Crippen LogP contribution in [0.5, 0.6) is 0 Å². The van der Waals surface area contributed by atoms with Crippen molar-refractivity contribution in [3.05, 3.63) is 59.6 Å². The lowest BCUT2D eigenvalue weighted by atomic mass is 10.0. The largest absolute Gasteiger partial charge is 0.468 e. The Balaban J connectivity index is 2.06. The summed E-state index contributed by atoms with van der Waals surface area (Å²) in [6.45, 7) is 5.74. The van der Waals surface area contributed by atoms with Crippen molar-refractivity contribution in [2.45, 2.75) is 64.3 Å². The molecule has 2 rings (SSSR count). The summed E-state index contributed by atoms with van der Waals surface area (Å²) in [5.41, 5.74) is -0.477. The van der Waals surface area contributed by atoms with Gasteiger partial charge in [-0.25, -0.2) is 8.78 Å². The SMILES string of the molecule is CCCCC(NC(=O)C(CC(C)C)NC(=O)c1cccc(F)c1F)C(=O)CSCc1ccco1. The third-order valence-corrected chi connectivity index (χ3v) is 6.12. The molecular formula is C25H32F2N2O4S. The lowest BCUT2D eigenvalue weighted by Crippen LogP contribution is -2.52. The average molecular weight is 495 g/mol.